The van der Waals surface area contributed by atoms with Crippen molar-refractivity contribution in [3.8, 4) is 0 Å². The van der Waals surface area contributed by atoms with E-state index in [1.54, 1.807) is 0 Å². The number of nitrogens with zero attached hydrogens (tertiary/aromatic N) is 1. The summed E-state index contributed by atoms with van der Waals surface area (Å²) in [7, 11) is 0. The van der Waals surface area contributed by atoms with Gasteiger partial charge in [0, 0.05) is 30.7 Å². The Balaban J connectivity index is 2.54. The van der Waals surface area contributed by atoms with Gasteiger partial charge in [-0.1, -0.05) is 18.2 Å². The lowest BCUT2D eigenvalue weighted by atomic mass is 10.1. The molecule has 0 atom stereocenters. The highest BCUT2D eigenvalue weighted by Crippen LogP contribution is 2.13. The van der Waals surface area contributed by atoms with E-state index in [0.29, 0.717) is 19.5 Å². The second kappa shape index (κ2) is 6.55. The summed E-state index contributed by atoms with van der Waals surface area (Å²) in [6.45, 7) is 9.73. The van der Waals surface area contributed by atoms with Crippen molar-refractivity contribution in [2.45, 2.75) is 39.7 Å². The fourth-order valence-electron chi connectivity index (χ4n) is 1.79. The topological polar surface area (TPSA) is 32.3 Å². The Kier molecular flexibility index (Phi) is 5.35. The maximum Gasteiger partial charge on any atom is 0.228 e. The van der Waals surface area contributed by atoms with E-state index in [9.17, 15) is 4.79 Å². The van der Waals surface area contributed by atoms with Crippen LogP contribution in [0.2, 0.25) is 0 Å². The maximum absolute atomic E-state index is 12.1. The molecule has 0 heterocycles. The highest BCUT2D eigenvalue weighted by Gasteiger charge is 2.14. The number of hydrogen-bond acceptors (Lipinski definition) is 2. The zero-order valence-corrected chi connectivity index (χ0v) is 11.9. The van der Waals surface area contributed by atoms with Crippen LogP contribution in [-0.4, -0.2) is 24.5 Å². The molecule has 1 rings (SSSR count). The summed E-state index contributed by atoms with van der Waals surface area (Å²) in [6, 6.07) is 9.82. The van der Waals surface area contributed by atoms with E-state index >= 15 is 0 Å². The first-order valence-corrected chi connectivity index (χ1v) is 6.54. The molecule has 0 aliphatic carbocycles. The van der Waals surface area contributed by atoms with E-state index in [-0.39, 0.29) is 11.4 Å². The quantitative estimate of drug-likeness (QED) is 0.869. The molecule has 1 aromatic carbocycles. The molecule has 0 aliphatic rings. The smallest absolute Gasteiger partial charge is 0.228 e. The molecule has 0 aromatic heterocycles. The summed E-state index contributed by atoms with van der Waals surface area (Å²) >= 11 is 0. The number of anilines is 1. The molecule has 0 unspecified atom stereocenters. The highest BCUT2D eigenvalue weighted by atomic mass is 16.2. The fraction of sp³-hybridized carbons (Fsp3) is 0.533. The lowest BCUT2D eigenvalue weighted by Crippen LogP contribution is -2.39. The molecule has 0 spiro atoms. The van der Waals surface area contributed by atoms with Crippen LogP contribution in [-0.2, 0) is 4.79 Å². The third kappa shape index (κ3) is 4.88. The minimum Gasteiger partial charge on any atom is -0.313 e. The van der Waals surface area contributed by atoms with Gasteiger partial charge in [0.05, 0.1) is 0 Å². The van der Waals surface area contributed by atoms with Crippen LogP contribution in [0.4, 0.5) is 5.69 Å². The number of rotatable bonds is 5. The van der Waals surface area contributed by atoms with Crippen molar-refractivity contribution < 1.29 is 4.79 Å². The van der Waals surface area contributed by atoms with Crippen molar-refractivity contribution in [2.24, 2.45) is 0 Å². The summed E-state index contributed by atoms with van der Waals surface area (Å²) < 4.78 is 0. The lowest BCUT2D eigenvalue weighted by molar-refractivity contribution is -0.118. The predicted molar refractivity (Wildman–Crippen MR) is 76.8 cm³/mol. The van der Waals surface area contributed by atoms with Crippen molar-refractivity contribution in [1.82, 2.24) is 5.32 Å². The second-order valence-electron chi connectivity index (χ2n) is 5.40. The molecule has 18 heavy (non-hydrogen) atoms. The molecule has 100 valence electrons. The normalized spacial score (nSPS) is 11.3. The predicted octanol–water partition coefficient (Wildman–Crippen LogP) is 2.82. The largest absolute Gasteiger partial charge is 0.313 e. The summed E-state index contributed by atoms with van der Waals surface area (Å²) in [5, 5.41) is 3.34. The molecule has 1 amide bonds. The Morgan fingerprint density at radius 2 is 1.83 bits per heavy atom. The number of para-hydroxylation sites is 1. The minimum atomic E-state index is 0.0596. The van der Waals surface area contributed by atoms with E-state index in [1.165, 1.54) is 0 Å². The van der Waals surface area contributed by atoms with Gasteiger partial charge in [0.1, 0.15) is 0 Å². The van der Waals surface area contributed by atoms with Crippen LogP contribution in [0.5, 0.6) is 0 Å². The van der Waals surface area contributed by atoms with Gasteiger partial charge < -0.3 is 10.2 Å². The number of carbonyl (C=O) groups is 1. The average Bonchev–Trinajstić information content (AvgIpc) is 2.29. The second-order valence-corrected chi connectivity index (χ2v) is 5.40. The third-order valence-electron chi connectivity index (χ3n) is 2.68. The molecule has 0 aliphatic heterocycles. The summed E-state index contributed by atoms with van der Waals surface area (Å²) in [6.07, 6.45) is 0.528. The van der Waals surface area contributed by atoms with Gasteiger partial charge in [-0.15, -0.1) is 0 Å². The zero-order chi connectivity index (χ0) is 13.6. The fourth-order valence-corrected chi connectivity index (χ4v) is 1.79. The van der Waals surface area contributed by atoms with Crippen molar-refractivity contribution in [1.29, 1.82) is 0 Å². The van der Waals surface area contributed by atoms with E-state index in [0.717, 1.165) is 5.69 Å². The SMILES string of the molecule is CCN(C(=O)CCNC(C)(C)C)c1ccccc1. The van der Waals surface area contributed by atoms with Gasteiger partial charge in [-0.2, -0.15) is 0 Å². The van der Waals surface area contributed by atoms with Gasteiger partial charge in [0.25, 0.3) is 0 Å². The van der Waals surface area contributed by atoms with Crippen LogP contribution >= 0.6 is 0 Å². The molecule has 3 nitrogen and oxygen atoms in total. The standard InChI is InChI=1S/C15H24N2O/c1-5-17(13-9-7-6-8-10-13)14(18)11-12-16-15(2,3)4/h6-10,16H,5,11-12H2,1-4H3. The Morgan fingerprint density at radius 1 is 1.22 bits per heavy atom. The Hall–Kier alpha value is -1.35. The summed E-state index contributed by atoms with van der Waals surface area (Å²) in [4.78, 5) is 14.0. The van der Waals surface area contributed by atoms with Crippen molar-refractivity contribution >= 4 is 11.6 Å². The first-order chi connectivity index (χ1) is 8.44. The Morgan fingerprint density at radius 3 is 2.33 bits per heavy atom. The van der Waals surface area contributed by atoms with E-state index in [2.05, 4.69) is 26.1 Å². The molecule has 0 bridgehead atoms. The van der Waals surface area contributed by atoms with E-state index < -0.39 is 0 Å². The van der Waals surface area contributed by atoms with Crippen LogP contribution in [0.25, 0.3) is 0 Å². The van der Waals surface area contributed by atoms with Crippen LogP contribution in [0.1, 0.15) is 34.1 Å². The van der Waals surface area contributed by atoms with Crippen molar-refractivity contribution in [2.75, 3.05) is 18.0 Å². The number of benzene rings is 1. The third-order valence-corrected chi connectivity index (χ3v) is 2.68. The van der Waals surface area contributed by atoms with Gasteiger partial charge in [-0.3, -0.25) is 4.79 Å². The summed E-state index contributed by atoms with van der Waals surface area (Å²) in [5.41, 5.74) is 1.03. The van der Waals surface area contributed by atoms with E-state index in [1.807, 2.05) is 42.2 Å². The van der Waals surface area contributed by atoms with Gasteiger partial charge in [-0.25, -0.2) is 0 Å². The highest BCUT2D eigenvalue weighted by molar-refractivity contribution is 5.93. The van der Waals surface area contributed by atoms with Gasteiger partial charge >= 0.3 is 0 Å². The molecule has 1 N–H and O–H groups in total. The molecular weight excluding hydrogens is 224 g/mol. The van der Waals surface area contributed by atoms with Gasteiger partial charge in [0.2, 0.25) is 5.91 Å². The molecule has 1 aromatic rings. The number of nitrogens with one attached hydrogen (secondary N) is 1. The van der Waals surface area contributed by atoms with E-state index in [4.69, 9.17) is 0 Å². The van der Waals surface area contributed by atoms with Gasteiger partial charge in [0.15, 0.2) is 0 Å². The first-order valence-electron chi connectivity index (χ1n) is 6.54. The minimum absolute atomic E-state index is 0.0596. The number of hydrogen-bond donors (Lipinski definition) is 1. The monoisotopic (exact) mass is 248 g/mol. The van der Waals surface area contributed by atoms with Crippen LogP contribution in [0.15, 0.2) is 30.3 Å². The van der Waals surface area contributed by atoms with Gasteiger partial charge in [-0.05, 0) is 39.8 Å². The average molecular weight is 248 g/mol. The maximum atomic E-state index is 12.1. The molecule has 0 saturated carbocycles. The first kappa shape index (κ1) is 14.7. The molecule has 0 radical (unpaired) electrons. The zero-order valence-electron chi connectivity index (χ0n) is 11.9. The van der Waals surface area contributed by atoms with Crippen LogP contribution in [0, 0.1) is 0 Å². The number of amides is 1. The Bertz CT molecular complexity index is 368. The van der Waals surface area contributed by atoms with Crippen molar-refractivity contribution in [3.05, 3.63) is 30.3 Å². The Labute approximate surface area is 110 Å². The van der Waals surface area contributed by atoms with Crippen molar-refractivity contribution in [3.63, 3.8) is 0 Å². The van der Waals surface area contributed by atoms with Crippen LogP contribution in [0.3, 0.4) is 0 Å². The molecule has 3 heteroatoms. The molecule has 0 saturated heterocycles. The van der Waals surface area contributed by atoms with Crippen LogP contribution < -0.4 is 10.2 Å². The number of carbonyl (C=O) groups excluding carboxylic acids is 1. The lowest BCUT2D eigenvalue weighted by Gasteiger charge is -2.23. The molecular formula is C15H24N2O. The summed E-state index contributed by atoms with van der Waals surface area (Å²) in [5.74, 6) is 0.167. The molecule has 0 fully saturated rings.